The molecule has 1 aromatic rings. The number of hydrogen-bond acceptors (Lipinski definition) is 2. The molecular weight excluding hydrogens is 380 g/mol. The predicted molar refractivity (Wildman–Crippen MR) is 91.9 cm³/mol. The van der Waals surface area contributed by atoms with Crippen molar-refractivity contribution in [2.24, 2.45) is 5.92 Å². The molecule has 1 saturated carbocycles. The molecule has 1 aliphatic carbocycles. The molecule has 2 nitrogen and oxygen atoms in total. The maximum Gasteiger partial charge on any atom is 0.0715 e. The Labute approximate surface area is 139 Å². The first-order chi connectivity index (χ1) is 9.70. The van der Waals surface area contributed by atoms with E-state index in [1.165, 1.54) is 38.5 Å². The van der Waals surface area contributed by atoms with Gasteiger partial charge in [0.05, 0.1) is 11.7 Å². The lowest BCUT2D eigenvalue weighted by molar-refractivity contribution is 0.297. The molecule has 1 unspecified atom stereocenters. The Bertz CT molecular complexity index is 417. The number of nitrogens with one attached hydrogen (secondary N) is 1. The van der Waals surface area contributed by atoms with E-state index in [0.717, 1.165) is 33.5 Å². The summed E-state index contributed by atoms with van der Waals surface area (Å²) in [4.78, 5) is 4.64. The van der Waals surface area contributed by atoms with Gasteiger partial charge in [0.25, 0.3) is 0 Å². The van der Waals surface area contributed by atoms with E-state index in [4.69, 9.17) is 0 Å². The highest BCUT2D eigenvalue weighted by molar-refractivity contribution is 9.11. The zero-order valence-corrected chi connectivity index (χ0v) is 15.3. The van der Waals surface area contributed by atoms with Crippen LogP contribution in [0.25, 0.3) is 0 Å². The van der Waals surface area contributed by atoms with E-state index in [0.29, 0.717) is 6.04 Å². The van der Waals surface area contributed by atoms with Crippen molar-refractivity contribution in [3.63, 3.8) is 0 Å². The molecule has 1 aromatic heterocycles. The smallest absolute Gasteiger partial charge is 0.0715 e. The summed E-state index contributed by atoms with van der Waals surface area (Å²) in [5.74, 6) is 0.857. The monoisotopic (exact) mass is 402 g/mol. The molecule has 1 N–H and O–H groups in total. The normalized spacial score (nSPS) is 18.1. The molecule has 1 fully saturated rings. The molecule has 0 radical (unpaired) electrons. The summed E-state index contributed by atoms with van der Waals surface area (Å²) < 4.78 is 2.14. The van der Waals surface area contributed by atoms with Gasteiger partial charge >= 0.3 is 0 Å². The van der Waals surface area contributed by atoms with Crippen LogP contribution in [-0.2, 0) is 0 Å². The second-order valence-corrected chi connectivity index (χ2v) is 7.54. The Morgan fingerprint density at radius 2 is 2.05 bits per heavy atom. The largest absolute Gasteiger partial charge is 0.309 e. The van der Waals surface area contributed by atoms with Crippen molar-refractivity contribution in [1.29, 1.82) is 0 Å². The Balaban J connectivity index is 2.08. The topological polar surface area (TPSA) is 24.9 Å². The first kappa shape index (κ1) is 16.4. The van der Waals surface area contributed by atoms with Crippen molar-refractivity contribution in [2.75, 3.05) is 6.54 Å². The van der Waals surface area contributed by atoms with Crippen molar-refractivity contribution < 1.29 is 0 Å². The quantitative estimate of drug-likeness (QED) is 0.666. The van der Waals surface area contributed by atoms with Gasteiger partial charge in [-0.3, -0.25) is 4.98 Å². The SMILES string of the molecule is CCCNC(CC1CCCCC1)c1ncc(Br)cc1Br. The number of pyridine rings is 1. The van der Waals surface area contributed by atoms with Gasteiger partial charge in [-0.25, -0.2) is 0 Å². The van der Waals surface area contributed by atoms with Crippen molar-refractivity contribution in [1.82, 2.24) is 10.3 Å². The Kier molecular flexibility index (Phi) is 6.99. The molecule has 1 atom stereocenters. The molecule has 0 spiro atoms. The summed E-state index contributed by atoms with van der Waals surface area (Å²) in [6.07, 6.45) is 11.3. The summed E-state index contributed by atoms with van der Waals surface area (Å²) in [6.45, 7) is 3.27. The first-order valence-electron chi connectivity index (χ1n) is 7.75. The van der Waals surface area contributed by atoms with E-state index in [9.17, 15) is 0 Å². The fourth-order valence-electron chi connectivity index (χ4n) is 3.05. The van der Waals surface area contributed by atoms with Gasteiger partial charge in [-0.1, -0.05) is 39.0 Å². The minimum atomic E-state index is 0.375. The van der Waals surface area contributed by atoms with Gasteiger partial charge in [0.15, 0.2) is 0 Å². The van der Waals surface area contributed by atoms with Crippen LogP contribution in [0.15, 0.2) is 21.2 Å². The highest BCUT2D eigenvalue weighted by Gasteiger charge is 2.22. The van der Waals surface area contributed by atoms with Gasteiger partial charge in [0.1, 0.15) is 0 Å². The molecule has 20 heavy (non-hydrogen) atoms. The molecule has 112 valence electrons. The maximum atomic E-state index is 4.64. The lowest BCUT2D eigenvalue weighted by atomic mass is 9.84. The van der Waals surface area contributed by atoms with Crippen LogP contribution in [0, 0.1) is 5.92 Å². The Hall–Kier alpha value is 0.0700. The fourth-order valence-corrected chi connectivity index (χ4v) is 4.31. The van der Waals surface area contributed by atoms with Crippen molar-refractivity contribution >= 4 is 31.9 Å². The summed E-state index contributed by atoms with van der Waals surface area (Å²) in [7, 11) is 0. The van der Waals surface area contributed by atoms with Crippen LogP contribution in [0.3, 0.4) is 0 Å². The van der Waals surface area contributed by atoms with Crippen molar-refractivity contribution in [3.05, 3.63) is 26.9 Å². The van der Waals surface area contributed by atoms with Gasteiger partial charge in [-0.05, 0) is 63.2 Å². The minimum absolute atomic E-state index is 0.375. The molecule has 1 aliphatic rings. The highest BCUT2D eigenvalue weighted by atomic mass is 79.9. The van der Waals surface area contributed by atoms with Crippen LogP contribution in [0.1, 0.15) is 63.6 Å². The minimum Gasteiger partial charge on any atom is -0.309 e. The van der Waals surface area contributed by atoms with E-state index in [2.05, 4.69) is 55.2 Å². The van der Waals surface area contributed by atoms with E-state index < -0.39 is 0 Å². The van der Waals surface area contributed by atoms with E-state index in [1.54, 1.807) is 0 Å². The molecule has 1 heterocycles. The summed E-state index contributed by atoms with van der Waals surface area (Å²) >= 11 is 7.16. The Morgan fingerprint density at radius 3 is 2.70 bits per heavy atom. The van der Waals surface area contributed by atoms with Gasteiger partial charge < -0.3 is 5.32 Å². The van der Waals surface area contributed by atoms with Crippen LogP contribution in [0.5, 0.6) is 0 Å². The summed E-state index contributed by atoms with van der Waals surface area (Å²) in [5.41, 5.74) is 1.16. The fraction of sp³-hybridized carbons (Fsp3) is 0.688. The van der Waals surface area contributed by atoms with E-state index >= 15 is 0 Å². The molecule has 0 aliphatic heterocycles. The molecule has 0 aromatic carbocycles. The van der Waals surface area contributed by atoms with E-state index in [-0.39, 0.29) is 0 Å². The lowest BCUT2D eigenvalue weighted by Gasteiger charge is -2.27. The number of halogens is 2. The summed E-state index contributed by atoms with van der Waals surface area (Å²) in [6, 6.07) is 2.48. The van der Waals surface area contributed by atoms with Crippen molar-refractivity contribution in [3.8, 4) is 0 Å². The lowest BCUT2D eigenvalue weighted by Crippen LogP contribution is -2.26. The van der Waals surface area contributed by atoms with Crippen LogP contribution in [0.4, 0.5) is 0 Å². The zero-order valence-electron chi connectivity index (χ0n) is 12.2. The third kappa shape index (κ3) is 4.81. The molecule has 0 saturated heterocycles. The average Bonchev–Trinajstić information content (AvgIpc) is 2.45. The second-order valence-electron chi connectivity index (χ2n) is 5.77. The van der Waals surface area contributed by atoms with Crippen LogP contribution >= 0.6 is 31.9 Å². The van der Waals surface area contributed by atoms with Gasteiger partial charge in [-0.2, -0.15) is 0 Å². The first-order valence-corrected chi connectivity index (χ1v) is 9.33. The standard InChI is InChI=1S/C16H24Br2N2/c1-2-8-19-15(9-12-6-4-3-5-7-12)16-14(18)10-13(17)11-20-16/h10-12,15,19H,2-9H2,1H3. The van der Waals surface area contributed by atoms with Crippen LogP contribution < -0.4 is 5.32 Å². The molecule has 0 bridgehead atoms. The molecule has 2 rings (SSSR count). The number of rotatable bonds is 6. The predicted octanol–water partition coefficient (Wildman–Crippen LogP) is 5.62. The highest BCUT2D eigenvalue weighted by Crippen LogP contribution is 2.34. The molecule has 4 heteroatoms. The van der Waals surface area contributed by atoms with E-state index in [1.807, 2.05) is 6.20 Å². The number of hydrogen-bond donors (Lipinski definition) is 1. The molecule has 0 amide bonds. The van der Waals surface area contributed by atoms with Gasteiger partial charge in [0.2, 0.25) is 0 Å². The van der Waals surface area contributed by atoms with Crippen molar-refractivity contribution in [2.45, 2.75) is 57.9 Å². The third-order valence-corrected chi connectivity index (χ3v) is 5.17. The third-order valence-electron chi connectivity index (χ3n) is 4.10. The number of nitrogens with zero attached hydrogens (tertiary/aromatic N) is 1. The van der Waals surface area contributed by atoms with Crippen LogP contribution in [-0.4, -0.2) is 11.5 Å². The van der Waals surface area contributed by atoms with Gasteiger partial charge in [-0.15, -0.1) is 0 Å². The maximum absolute atomic E-state index is 4.64. The van der Waals surface area contributed by atoms with Crippen LogP contribution in [0.2, 0.25) is 0 Å². The average molecular weight is 404 g/mol. The zero-order chi connectivity index (χ0) is 14.4. The summed E-state index contributed by atoms with van der Waals surface area (Å²) in [5, 5.41) is 3.69. The number of aromatic nitrogens is 1. The van der Waals surface area contributed by atoms with Gasteiger partial charge in [0, 0.05) is 15.1 Å². The Morgan fingerprint density at radius 1 is 1.30 bits per heavy atom. The molecular formula is C16H24Br2N2. The second kappa shape index (κ2) is 8.50.